The molecule has 8 heteroatoms. The van der Waals surface area contributed by atoms with E-state index in [2.05, 4.69) is 10.6 Å². The number of aliphatic carboxylic acids is 1. The predicted molar refractivity (Wildman–Crippen MR) is 80.7 cm³/mol. The van der Waals surface area contributed by atoms with Gasteiger partial charge in [-0.05, 0) is 25.5 Å². The number of non-ortho nitro benzene ring substituents is 1. The molecule has 2 unspecified atom stereocenters. The van der Waals surface area contributed by atoms with E-state index < -0.39 is 28.9 Å². The summed E-state index contributed by atoms with van der Waals surface area (Å²) >= 11 is 0. The van der Waals surface area contributed by atoms with Crippen LogP contribution in [0, 0.1) is 10.1 Å². The van der Waals surface area contributed by atoms with E-state index in [1.165, 1.54) is 24.3 Å². The van der Waals surface area contributed by atoms with Crippen molar-refractivity contribution in [1.82, 2.24) is 5.32 Å². The van der Waals surface area contributed by atoms with Crippen molar-refractivity contribution < 1.29 is 19.6 Å². The molecule has 0 aliphatic carbocycles. The van der Waals surface area contributed by atoms with E-state index in [1.54, 1.807) is 6.92 Å². The average molecular weight is 309 g/mol. The number of hydrogen-bond donors (Lipinski definition) is 3. The van der Waals surface area contributed by atoms with E-state index in [1.807, 2.05) is 6.92 Å². The Morgan fingerprint density at radius 3 is 2.36 bits per heavy atom. The first-order valence-electron chi connectivity index (χ1n) is 6.89. The van der Waals surface area contributed by atoms with Crippen molar-refractivity contribution in [3.63, 3.8) is 0 Å². The summed E-state index contributed by atoms with van der Waals surface area (Å²) in [6.07, 6.45) is 1.10. The van der Waals surface area contributed by atoms with Crippen LogP contribution in [0.5, 0.6) is 0 Å². The zero-order chi connectivity index (χ0) is 16.7. The number of nitrogens with zero attached hydrogens (tertiary/aromatic N) is 1. The largest absolute Gasteiger partial charge is 0.480 e. The quantitative estimate of drug-likeness (QED) is 0.497. The molecule has 0 heterocycles. The van der Waals surface area contributed by atoms with E-state index in [0.717, 1.165) is 0 Å². The van der Waals surface area contributed by atoms with Gasteiger partial charge in [0, 0.05) is 17.8 Å². The molecule has 8 nitrogen and oxygen atoms in total. The Hall–Kier alpha value is -2.48. The van der Waals surface area contributed by atoms with Crippen molar-refractivity contribution in [2.24, 2.45) is 0 Å². The highest BCUT2D eigenvalue weighted by molar-refractivity contribution is 5.95. The normalized spacial score (nSPS) is 13.2. The van der Waals surface area contributed by atoms with Gasteiger partial charge in [-0.1, -0.05) is 13.3 Å². The third-order valence-electron chi connectivity index (χ3n) is 3.07. The standard InChI is InChI=1S/C14H19N3O5/c1-3-4-12(14(19)20)15-9(2)13(18)16-10-5-7-11(8-6-10)17(21)22/h5-9,12,15H,3-4H2,1-2H3,(H,16,18)(H,19,20). The zero-order valence-corrected chi connectivity index (χ0v) is 12.4. The number of nitrogens with one attached hydrogen (secondary N) is 2. The summed E-state index contributed by atoms with van der Waals surface area (Å²) in [6.45, 7) is 3.42. The van der Waals surface area contributed by atoms with Crippen LogP contribution in [0.2, 0.25) is 0 Å². The topological polar surface area (TPSA) is 122 Å². The third kappa shape index (κ3) is 5.13. The number of benzene rings is 1. The lowest BCUT2D eigenvalue weighted by Gasteiger charge is -2.19. The van der Waals surface area contributed by atoms with Gasteiger partial charge in [-0.25, -0.2) is 0 Å². The number of carbonyl (C=O) groups is 2. The fourth-order valence-electron chi connectivity index (χ4n) is 1.86. The number of rotatable bonds is 8. The summed E-state index contributed by atoms with van der Waals surface area (Å²) < 4.78 is 0. The lowest BCUT2D eigenvalue weighted by molar-refractivity contribution is -0.384. The number of carboxylic acid groups (broad SMARTS) is 1. The summed E-state index contributed by atoms with van der Waals surface area (Å²) in [5, 5.41) is 24.9. The highest BCUT2D eigenvalue weighted by Gasteiger charge is 2.22. The number of anilines is 1. The van der Waals surface area contributed by atoms with Gasteiger partial charge in [0.05, 0.1) is 11.0 Å². The Labute approximate surface area is 127 Å². The Kier molecular flexibility index (Phi) is 6.46. The first-order valence-corrected chi connectivity index (χ1v) is 6.89. The second-order valence-corrected chi connectivity index (χ2v) is 4.86. The summed E-state index contributed by atoms with van der Waals surface area (Å²) in [5.41, 5.74) is 0.338. The number of amides is 1. The van der Waals surface area contributed by atoms with E-state index >= 15 is 0 Å². The number of nitro benzene ring substituents is 1. The second kappa shape index (κ2) is 8.08. The first-order chi connectivity index (χ1) is 10.3. The SMILES string of the molecule is CCCC(NC(C)C(=O)Nc1ccc([N+](=O)[O-])cc1)C(=O)O. The average Bonchev–Trinajstić information content (AvgIpc) is 2.47. The maximum atomic E-state index is 12.0. The smallest absolute Gasteiger partial charge is 0.320 e. The molecule has 0 aliphatic rings. The number of carboxylic acids is 1. The molecule has 3 N–H and O–H groups in total. The fraction of sp³-hybridized carbons (Fsp3) is 0.429. The van der Waals surface area contributed by atoms with Crippen LogP contribution in [-0.4, -0.2) is 34.0 Å². The van der Waals surface area contributed by atoms with E-state index in [-0.39, 0.29) is 5.69 Å². The zero-order valence-electron chi connectivity index (χ0n) is 12.4. The van der Waals surface area contributed by atoms with Crippen molar-refractivity contribution in [2.45, 2.75) is 38.8 Å². The van der Waals surface area contributed by atoms with Gasteiger partial charge < -0.3 is 10.4 Å². The molecule has 1 aromatic rings. The molecule has 1 aromatic carbocycles. The van der Waals surface area contributed by atoms with Crippen molar-refractivity contribution in [3.05, 3.63) is 34.4 Å². The van der Waals surface area contributed by atoms with Gasteiger partial charge in [-0.15, -0.1) is 0 Å². The summed E-state index contributed by atoms with van der Waals surface area (Å²) in [5.74, 6) is -1.41. The molecule has 0 fully saturated rings. The monoisotopic (exact) mass is 309 g/mol. The van der Waals surface area contributed by atoms with Crippen LogP contribution in [-0.2, 0) is 9.59 Å². The van der Waals surface area contributed by atoms with Crippen molar-refractivity contribution >= 4 is 23.3 Å². The highest BCUT2D eigenvalue weighted by atomic mass is 16.6. The van der Waals surface area contributed by atoms with Gasteiger partial charge in [0.1, 0.15) is 6.04 Å². The van der Waals surface area contributed by atoms with Crippen molar-refractivity contribution in [1.29, 1.82) is 0 Å². The Morgan fingerprint density at radius 2 is 1.91 bits per heavy atom. The predicted octanol–water partition coefficient (Wildman–Crippen LogP) is 1.76. The lowest BCUT2D eigenvalue weighted by atomic mass is 10.1. The summed E-state index contributed by atoms with van der Waals surface area (Å²) in [7, 11) is 0. The number of carbonyl (C=O) groups excluding carboxylic acids is 1. The van der Waals surface area contributed by atoms with Crippen LogP contribution in [0.3, 0.4) is 0 Å². The Bertz CT molecular complexity index is 544. The summed E-state index contributed by atoms with van der Waals surface area (Å²) in [4.78, 5) is 33.1. The number of hydrogen-bond acceptors (Lipinski definition) is 5. The molecular weight excluding hydrogens is 290 g/mol. The van der Waals surface area contributed by atoms with Crippen molar-refractivity contribution in [2.75, 3.05) is 5.32 Å². The van der Waals surface area contributed by atoms with Gasteiger partial charge in [0.25, 0.3) is 5.69 Å². The number of nitro groups is 1. The minimum absolute atomic E-state index is 0.0712. The van der Waals surface area contributed by atoms with E-state index in [4.69, 9.17) is 5.11 Å². The lowest BCUT2D eigenvalue weighted by Crippen LogP contribution is -2.47. The molecule has 0 bridgehead atoms. The molecule has 1 rings (SSSR count). The fourth-order valence-corrected chi connectivity index (χ4v) is 1.86. The molecule has 0 aliphatic heterocycles. The van der Waals surface area contributed by atoms with Crippen molar-refractivity contribution in [3.8, 4) is 0 Å². The molecule has 0 spiro atoms. The first kappa shape index (κ1) is 17.6. The minimum atomic E-state index is -1.00. The van der Waals surface area contributed by atoms with Crippen LogP contribution in [0.15, 0.2) is 24.3 Å². The summed E-state index contributed by atoms with van der Waals surface area (Å²) in [6, 6.07) is 3.91. The molecule has 0 aromatic heterocycles. The van der Waals surface area contributed by atoms with Gasteiger partial charge in [0.15, 0.2) is 0 Å². The molecule has 0 radical (unpaired) electrons. The van der Waals surface area contributed by atoms with Gasteiger partial charge in [-0.3, -0.25) is 25.0 Å². The highest BCUT2D eigenvalue weighted by Crippen LogP contribution is 2.15. The Balaban J connectivity index is 2.63. The third-order valence-corrected chi connectivity index (χ3v) is 3.07. The van der Waals surface area contributed by atoms with Crippen LogP contribution in [0.25, 0.3) is 0 Å². The van der Waals surface area contributed by atoms with Gasteiger partial charge in [-0.2, -0.15) is 0 Å². The molecule has 120 valence electrons. The maximum absolute atomic E-state index is 12.0. The van der Waals surface area contributed by atoms with Crippen LogP contribution in [0.4, 0.5) is 11.4 Å². The van der Waals surface area contributed by atoms with Gasteiger partial charge in [0.2, 0.25) is 5.91 Å². The molecular formula is C14H19N3O5. The van der Waals surface area contributed by atoms with Crippen LogP contribution in [0.1, 0.15) is 26.7 Å². The van der Waals surface area contributed by atoms with E-state index in [0.29, 0.717) is 18.5 Å². The minimum Gasteiger partial charge on any atom is -0.480 e. The van der Waals surface area contributed by atoms with Gasteiger partial charge >= 0.3 is 5.97 Å². The molecule has 1 amide bonds. The molecule has 0 saturated heterocycles. The second-order valence-electron chi connectivity index (χ2n) is 4.86. The van der Waals surface area contributed by atoms with E-state index in [9.17, 15) is 19.7 Å². The maximum Gasteiger partial charge on any atom is 0.320 e. The molecule has 2 atom stereocenters. The van der Waals surface area contributed by atoms with Crippen LogP contribution < -0.4 is 10.6 Å². The molecule has 22 heavy (non-hydrogen) atoms. The Morgan fingerprint density at radius 1 is 1.32 bits per heavy atom. The molecule has 0 saturated carbocycles. The van der Waals surface area contributed by atoms with Crippen LogP contribution >= 0.6 is 0 Å².